The molecule has 0 fully saturated rings. The number of aryl methyl sites for hydroxylation is 1. The molecule has 2 N–H and O–H groups in total. The second-order valence-electron chi connectivity index (χ2n) is 5.72. The molecular weight excluding hydrogens is 350 g/mol. The van der Waals surface area contributed by atoms with Gasteiger partial charge >= 0.3 is 0 Å². The van der Waals surface area contributed by atoms with Gasteiger partial charge in [0.2, 0.25) is 0 Å². The molecule has 0 aliphatic heterocycles. The lowest BCUT2D eigenvalue weighted by Gasteiger charge is -2.05. The number of rotatable bonds is 6. The van der Waals surface area contributed by atoms with Crippen molar-refractivity contribution in [2.45, 2.75) is 6.92 Å². The maximum Gasteiger partial charge on any atom is 0.259 e. The van der Waals surface area contributed by atoms with Crippen LogP contribution >= 0.6 is 11.6 Å². The van der Waals surface area contributed by atoms with E-state index >= 15 is 0 Å². The van der Waals surface area contributed by atoms with Crippen LogP contribution in [0.2, 0.25) is 5.02 Å². The van der Waals surface area contributed by atoms with Gasteiger partial charge in [-0.15, -0.1) is 0 Å². The van der Waals surface area contributed by atoms with Crippen molar-refractivity contribution in [3.63, 3.8) is 0 Å². The Morgan fingerprint density at radius 2 is 1.81 bits per heavy atom. The molecule has 2 aromatic carbocycles. The fraction of sp³-hybridized carbons (Fsp3) is 0.100. The number of hydrogen-bond acceptors (Lipinski definition) is 4. The van der Waals surface area contributed by atoms with Crippen molar-refractivity contribution in [3.8, 4) is 11.3 Å². The number of anilines is 1. The number of nitrogens with zero attached hydrogens (tertiary/aromatic N) is 1. The van der Waals surface area contributed by atoms with E-state index in [1.165, 1.54) is 11.8 Å². The average Bonchev–Trinajstić information content (AvgIpc) is 3.11. The monoisotopic (exact) mass is 367 g/mol. The number of nitrogens with one attached hydrogen (secondary N) is 2. The molecule has 1 amide bonds. The summed E-state index contributed by atoms with van der Waals surface area (Å²) in [7, 11) is 0. The summed E-state index contributed by atoms with van der Waals surface area (Å²) < 4.78 is 5.67. The van der Waals surface area contributed by atoms with E-state index in [0.717, 1.165) is 11.3 Å². The van der Waals surface area contributed by atoms with Crippen LogP contribution in [-0.2, 0) is 4.79 Å². The van der Waals surface area contributed by atoms with Crippen molar-refractivity contribution in [2.75, 3.05) is 11.9 Å². The molecule has 5 nitrogen and oxygen atoms in total. The van der Waals surface area contributed by atoms with Crippen LogP contribution in [0, 0.1) is 6.92 Å². The van der Waals surface area contributed by atoms with Gasteiger partial charge in [-0.1, -0.05) is 29.3 Å². The summed E-state index contributed by atoms with van der Waals surface area (Å²) in [5, 5.41) is 7.61. The Balaban J connectivity index is 1.49. The number of amides is 1. The zero-order valence-corrected chi connectivity index (χ0v) is 15.0. The largest absolute Gasteiger partial charge is 0.455 e. The fourth-order valence-corrected chi connectivity index (χ4v) is 2.38. The SMILES string of the molecule is Cc1ccc(NCC(=O)N/N=C/c2ccc(-c3ccc(Cl)cc3)o2)cc1. The highest BCUT2D eigenvalue weighted by Crippen LogP contribution is 2.23. The molecule has 132 valence electrons. The minimum absolute atomic E-state index is 0.134. The molecule has 0 aliphatic carbocycles. The first kappa shape index (κ1) is 17.8. The minimum atomic E-state index is -0.244. The molecule has 0 saturated carbocycles. The van der Waals surface area contributed by atoms with Gasteiger partial charge in [-0.25, -0.2) is 5.43 Å². The Morgan fingerprint density at radius 1 is 1.08 bits per heavy atom. The normalized spacial score (nSPS) is 10.8. The van der Waals surface area contributed by atoms with E-state index in [2.05, 4.69) is 15.8 Å². The van der Waals surface area contributed by atoms with Crippen LogP contribution in [0.1, 0.15) is 11.3 Å². The first-order valence-corrected chi connectivity index (χ1v) is 8.46. The number of hydrogen-bond donors (Lipinski definition) is 2. The van der Waals surface area contributed by atoms with Crippen molar-refractivity contribution in [1.82, 2.24) is 5.43 Å². The third-order valence-corrected chi connectivity index (χ3v) is 3.89. The minimum Gasteiger partial charge on any atom is -0.455 e. The van der Waals surface area contributed by atoms with Gasteiger partial charge in [0.25, 0.3) is 5.91 Å². The summed E-state index contributed by atoms with van der Waals surface area (Å²) in [5.41, 5.74) is 5.43. The van der Waals surface area contributed by atoms with Crippen LogP contribution in [0.15, 0.2) is 70.2 Å². The van der Waals surface area contributed by atoms with Crippen molar-refractivity contribution in [1.29, 1.82) is 0 Å². The summed E-state index contributed by atoms with van der Waals surface area (Å²) in [4.78, 5) is 11.8. The van der Waals surface area contributed by atoms with E-state index in [-0.39, 0.29) is 12.5 Å². The van der Waals surface area contributed by atoms with E-state index in [9.17, 15) is 4.79 Å². The van der Waals surface area contributed by atoms with E-state index in [1.54, 1.807) is 18.2 Å². The second kappa shape index (κ2) is 8.36. The standard InChI is InChI=1S/C20H18ClN3O2/c1-14-2-8-17(9-3-14)22-13-20(25)24-23-12-18-10-11-19(26-18)15-4-6-16(21)7-5-15/h2-12,22H,13H2,1H3,(H,24,25)/b23-12+. The maximum atomic E-state index is 11.8. The molecule has 0 aliphatic rings. The average molecular weight is 368 g/mol. The molecule has 26 heavy (non-hydrogen) atoms. The third kappa shape index (κ3) is 4.97. The number of halogens is 1. The smallest absolute Gasteiger partial charge is 0.259 e. The lowest BCUT2D eigenvalue weighted by Crippen LogP contribution is -2.25. The zero-order valence-electron chi connectivity index (χ0n) is 14.2. The number of benzene rings is 2. The predicted octanol–water partition coefficient (Wildman–Crippen LogP) is 4.47. The van der Waals surface area contributed by atoms with Crippen molar-refractivity contribution in [3.05, 3.63) is 77.0 Å². The molecule has 0 atom stereocenters. The summed E-state index contributed by atoms with van der Waals surface area (Å²) >= 11 is 5.88. The molecular formula is C20H18ClN3O2. The first-order valence-electron chi connectivity index (χ1n) is 8.08. The van der Waals surface area contributed by atoms with Crippen molar-refractivity contribution >= 4 is 29.4 Å². The highest BCUT2D eigenvalue weighted by Gasteiger charge is 2.04. The van der Waals surface area contributed by atoms with E-state index < -0.39 is 0 Å². The third-order valence-electron chi connectivity index (χ3n) is 3.64. The maximum absolute atomic E-state index is 11.8. The van der Waals surface area contributed by atoms with E-state index in [0.29, 0.717) is 16.5 Å². The van der Waals surface area contributed by atoms with Crippen LogP contribution in [0.3, 0.4) is 0 Å². The van der Waals surface area contributed by atoms with Gasteiger partial charge in [0.05, 0.1) is 12.8 Å². The molecule has 0 bridgehead atoms. The highest BCUT2D eigenvalue weighted by molar-refractivity contribution is 6.30. The van der Waals surface area contributed by atoms with Gasteiger partial charge in [-0.2, -0.15) is 5.10 Å². The fourth-order valence-electron chi connectivity index (χ4n) is 2.25. The van der Waals surface area contributed by atoms with Gasteiger partial charge in [0.1, 0.15) is 11.5 Å². The molecule has 0 spiro atoms. The van der Waals surface area contributed by atoms with Crippen LogP contribution in [-0.4, -0.2) is 18.7 Å². The Hall–Kier alpha value is -3.05. The van der Waals surface area contributed by atoms with Crippen molar-refractivity contribution < 1.29 is 9.21 Å². The van der Waals surface area contributed by atoms with E-state index in [4.69, 9.17) is 16.0 Å². The van der Waals surface area contributed by atoms with Gasteiger partial charge in [0.15, 0.2) is 0 Å². The number of hydrazone groups is 1. The van der Waals surface area contributed by atoms with Crippen LogP contribution < -0.4 is 10.7 Å². The second-order valence-corrected chi connectivity index (χ2v) is 6.16. The topological polar surface area (TPSA) is 66.6 Å². The van der Waals surface area contributed by atoms with E-state index in [1.807, 2.05) is 49.4 Å². The molecule has 1 heterocycles. The Morgan fingerprint density at radius 3 is 2.54 bits per heavy atom. The molecule has 3 aromatic rings. The summed E-state index contributed by atoms with van der Waals surface area (Å²) in [5.74, 6) is 1.00. The van der Waals surface area contributed by atoms with Gasteiger partial charge in [-0.05, 0) is 55.5 Å². The molecule has 0 radical (unpaired) electrons. The molecule has 0 unspecified atom stereocenters. The van der Waals surface area contributed by atoms with Gasteiger partial charge < -0.3 is 9.73 Å². The lowest BCUT2D eigenvalue weighted by atomic mass is 10.2. The number of carbonyl (C=O) groups excluding carboxylic acids is 1. The molecule has 3 rings (SSSR count). The number of carbonyl (C=O) groups is 1. The molecule has 1 aromatic heterocycles. The van der Waals surface area contributed by atoms with Crippen molar-refractivity contribution in [2.24, 2.45) is 5.10 Å². The Kier molecular flexibility index (Phi) is 5.71. The molecule has 0 saturated heterocycles. The Labute approximate surface area is 156 Å². The van der Waals surface area contributed by atoms with Crippen LogP contribution in [0.4, 0.5) is 5.69 Å². The predicted molar refractivity (Wildman–Crippen MR) is 105 cm³/mol. The summed E-state index contributed by atoms with van der Waals surface area (Å²) in [6, 6.07) is 18.8. The summed E-state index contributed by atoms with van der Waals surface area (Å²) in [6.45, 7) is 2.15. The first-order chi connectivity index (χ1) is 12.6. The molecule has 6 heteroatoms. The summed E-state index contributed by atoms with van der Waals surface area (Å²) in [6.07, 6.45) is 1.46. The quantitative estimate of drug-likeness (QED) is 0.499. The number of furan rings is 1. The van der Waals surface area contributed by atoms with Crippen LogP contribution in [0.25, 0.3) is 11.3 Å². The van der Waals surface area contributed by atoms with Crippen LogP contribution in [0.5, 0.6) is 0 Å². The van der Waals surface area contributed by atoms with Gasteiger partial charge in [0, 0.05) is 16.3 Å². The Bertz CT molecular complexity index is 900. The zero-order chi connectivity index (χ0) is 18.4. The van der Waals surface area contributed by atoms with Gasteiger partial charge in [-0.3, -0.25) is 4.79 Å². The highest BCUT2D eigenvalue weighted by atomic mass is 35.5. The lowest BCUT2D eigenvalue weighted by molar-refractivity contribution is -0.119.